The van der Waals surface area contributed by atoms with Crippen molar-refractivity contribution in [3.05, 3.63) is 46.8 Å². The number of aliphatic carboxylic acids is 1. The molecule has 3 heterocycles. The van der Waals surface area contributed by atoms with Gasteiger partial charge in [-0.05, 0) is 51.0 Å². The summed E-state index contributed by atoms with van der Waals surface area (Å²) in [5, 5.41) is 34.4. The summed E-state index contributed by atoms with van der Waals surface area (Å²) in [4.78, 5) is 64.6. The van der Waals surface area contributed by atoms with Crippen LogP contribution in [-0.4, -0.2) is 95.5 Å². The summed E-state index contributed by atoms with van der Waals surface area (Å²) in [5.41, 5.74) is -0.344. The molecule has 0 aliphatic carbocycles. The maximum atomic E-state index is 13.4. The number of β-lactam (4-membered cyclic amide) rings is 1. The summed E-state index contributed by atoms with van der Waals surface area (Å²) < 4.78 is 10.2. The van der Waals surface area contributed by atoms with Crippen LogP contribution < -0.4 is 10.6 Å². The normalized spacial score (nSPS) is 18.7. The van der Waals surface area contributed by atoms with Gasteiger partial charge < -0.3 is 30.3 Å². The molecule has 0 radical (unpaired) electrons. The molecule has 1 unspecified atom stereocenters. The lowest BCUT2D eigenvalue weighted by Gasteiger charge is -2.49. The minimum Gasteiger partial charge on any atom is -0.508 e. The lowest BCUT2D eigenvalue weighted by atomic mass is 10.0. The Morgan fingerprint density at radius 3 is 2.53 bits per heavy atom. The molecule has 15 nitrogen and oxygen atoms in total. The number of thioether (sulfide) groups is 2. The number of esters is 1. The van der Waals surface area contributed by atoms with E-state index in [2.05, 4.69) is 26.0 Å². The summed E-state index contributed by atoms with van der Waals surface area (Å²) in [5.74, 6) is -3.09. The third kappa shape index (κ3) is 7.22. The molecule has 0 spiro atoms. The van der Waals surface area contributed by atoms with Gasteiger partial charge in [-0.15, -0.1) is 22.0 Å². The lowest BCUT2D eigenvalue weighted by molar-refractivity contribution is -0.151. The number of hydrogen-bond acceptors (Lipinski definition) is 12. The van der Waals surface area contributed by atoms with Gasteiger partial charge in [0.05, 0.1) is 6.61 Å². The quantitative estimate of drug-likeness (QED) is 0.143. The van der Waals surface area contributed by atoms with E-state index in [1.165, 1.54) is 36.0 Å². The van der Waals surface area contributed by atoms with Crippen LogP contribution in [0.4, 0.5) is 4.79 Å². The molecule has 17 heteroatoms. The zero-order chi connectivity index (χ0) is 31.5. The van der Waals surface area contributed by atoms with Gasteiger partial charge in [0.15, 0.2) is 5.03 Å². The monoisotopic (exact) mass is 634 g/mol. The third-order valence-corrected chi connectivity index (χ3v) is 8.46. The number of ether oxygens (including phenoxy) is 2. The summed E-state index contributed by atoms with van der Waals surface area (Å²) in [6.45, 7) is 6.78. The number of carboxylic acid groups (broad SMARTS) is 1. The Morgan fingerprint density at radius 2 is 1.91 bits per heavy atom. The van der Waals surface area contributed by atoms with Crippen molar-refractivity contribution in [3.8, 4) is 5.75 Å². The molecule has 0 bridgehead atoms. The van der Waals surface area contributed by atoms with Gasteiger partial charge in [0, 0.05) is 11.5 Å². The predicted octanol–water partition coefficient (Wildman–Crippen LogP) is 1.78. The Balaban J connectivity index is 1.49. The number of phenols is 1. The molecule has 3 atom stereocenters. The fourth-order valence-corrected chi connectivity index (χ4v) is 6.63. The highest BCUT2D eigenvalue weighted by Crippen LogP contribution is 2.42. The number of carbonyl (C=O) groups excluding carboxylic acids is 4. The van der Waals surface area contributed by atoms with Crippen molar-refractivity contribution in [1.29, 1.82) is 0 Å². The van der Waals surface area contributed by atoms with Crippen LogP contribution in [0.5, 0.6) is 5.75 Å². The van der Waals surface area contributed by atoms with Gasteiger partial charge in [0.1, 0.15) is 34.5 Å². The van der Waals surface area contributed by atoms with Crippen molar-refractivity contribution in [1.82, 2.24) is 30.9 Å². The van der Waals surface area contributed by atoms with E-state index in [0.717, 1.165) is 16.7 Å². The molecule has 1 fully saturated rings. The first kappa shape index (κ1) is 31.7. The number of nitrogens with one attached hydrogen (secondary N) is 3. The molecular weight excluding hydrogens is 604 g/mol. The molecule has 1 aromatic heterocycles. The predicted molar refractivity (Wildman–Crippen MR) is 153 cm³/mol. The van der Waals surface area contributed by atoms with E-state index in [0.29, 0.717) is 11.1 Å². The van der Waals surface area contributed by atoms with Crippen LogP contribution in [0.1, 0.15) is 49.8 Å². The van der Waals surface area contributed by atoms with Crippen molar-refractivity contribution in [2.75, 3.05) is 18.1 Å². The number of rotatable bonds is 10. The number of nitrogens with zero attached hydrogens (tertiary/aromatic N) is 3. The van der Waals surface area contributed by atoms with Crippen LogP contribution in [-0.2, 0) is 23.9 Å². The lowest BCUT2D eigenvalue weighted by Crippen LogP contribution is -2.71. The van der Waals surface area contributed by atoms with E-state index in [4.69, 9.17) is 9.47 Å². The second-order valence-electron chi connectivity index (χ2n) is 10.3. The van der Waals surface area contributed by atoms with E-state index in [9.17, 15) is 34.2 Å². The maximum absolute atomic E-state index is 13.4. The van der Waals surface area contributed by atoms with Crippen molar-refractivity contribution < 1.29 is 43.7 Å². The number of aromatic nitrogens is 3. The van der Waals surface area contributed by atoms with Crippen LogP contribution in [0, 0.1) is 0 Å². The Morgan fingerprint density at radius 1 is 1.21 bits per heavy atom. The number of aromatic amines is 1. The van der Waals surface area contributed by atoms with Crippen molar-refractivity contribution in [3.63, 3.8) is 0 Å². The van der Waals surface area contributed by atoms with Crippen LogP contribution in [0.3, 0.4) is 0 Å². The number of hydrogen-bond donors (Lipinski definition) is 5. The first-order valence-electron chi connectivity index (χ1n) is 13.0. The van der Waals surface area contributed by atoms with Crippen molar-refractivity contribution >= 4 is 53.4 Å². The van der Waals surface area contributed by atoms with Gasteiger partial charge in [0.25, 0.3) is 5.91 Å². The summed E-state index contributed by atoms with van der Waals surface area (Å²) in [7, 11) is 0. The number of amides is 3. The summed E-state index contributed by atoms with van der Waals surface area (Å²) in [6, 6.07) is 3.24. The Bertz CT molecular complexity index is 1450. The average molecular weight is 635 g/mol. The smallest absolute Gasteiger partial charge is 0.408 e. The van der Waals surface area contributed by atoms with Gasteiger partial charge in [-0.2, -0.15) is 5.21 Å². The van der Waals surface area contributed by atoms with Gasteiger partial charge >= 0.3 is 18.0 Å². The summed E-state index contributed by atoms with van der Waals surface area (Å²) >= 11 is 2.33. The van der Waals surface area contributed by atoms with E-state index in [1.807, 2.05) is 0 Å². The van der Waals surface area contributed by atoms with Gasteiger partial charge in [-0.25, -0.2) is 14.4 Å². The zero-order valence-electron chi connectivity index (χ0n) is 23.6. The van der Waals surface area contributed by atoms with E-state index in [-0.39, 0.29) is 40.3 Å². The molecule has 0 saturated carbocycles. The minimum atomic E-state index is -1.32. The second kappa shape index (κ2) is 12.9. The molecule has 3 amide bonds. The van der Waals surface area contributed by atoms with Gasteiger partial charge in [0.2, 0.25) is 11.6 Å². The number of carboxylic acids is 1. The fourth-order valence-electron chi connectivity index (χ4n) is 4.23. The first-order chi connectivity index (χ1) is 20.3. The van der Waals surface area contributed by atoms with E-state index < -0.39 is 52.9 Å². The van der Waals surface area contributed by atoms with Crippen molar-refractivity contribution in [2.45, 2.75) is 55.8 Å². The molecule has 1 aromatic carbocycles. The third-order valence-electron chi connectivity index (χ3n) is 6.07. The molecule has 2 aromatic rings. The molecule has 43 heavy (non-hydrogen) atoms. The SMILES string of the molecule is CCOC(=O)c1n[nH]nc1SCC1=C(C(=O)O)N2C(=O)C(NC(=O)[C@H](NC(=O)OC(C)(C)C)c3ccc(O)cc3)[C@H]2SC1. The highest BCUT2D eigenvalue weighted by atomic mass is 32.2. The maximum Gasteiger partial charge on any atom is 0.408 e. The second-order valence-corrected chi connectivity index (χ2v) is 12.4. The van der Waals surface area contributed by atoms with Gasteiger partial charge in [-0.1, -0.05) is 23.9 Å². The molecule has 2 aliphatic heterocycles. The molecule has 2 aliphatic rings. The number of H-pyrrole nitrogens is 1. The zero-order valence-corrected chi connectivity index (χ0v) is 25.2. The fraction of sp³-hybridized carbons (Fsp3) is 0.423. The number of alkyl carbamates (subject to hydrolysis) is 1. The molecule has 230 valence electrons. The number of phenolic OH excluding ortho intramolecular Hbond substituents is 1. The van der Waals surface area contributed by atoms with Crippen LogP contribution in [0.25, 0.3) is 0 Å². The van der Waals surface area contributed by atoms with Crippen LogP contribution in [0.2, 0.25) is 0 Å². The number of benzene rings is 1. The Hall–Kier alpha value is -4.25. The Kier molecular flexibility index (Phi) is 9.54. The standard InChI is InChI=1S/C26H30N6O9S2/c1-5-40-24(38)16-20(30-31-29-16)42-10-13-11-43-22-17(21(35)32(22)18(13)23(36)37)27-19(34)15(12-6-8-14(33)9-7-12)28-25(39)41-26(2,3)4/h6-9,15,17,22,33H,5,10-11H2,1-4H3,(H,27,34)(H,28,39)(H,36,37)(H,29,30,31)/t15-,17?,22-/m1/s1. The summed E-state index contributed by atoms with van der Waals surface area (Å²) in [6.07, 6.45) is -0.870. The molecule has 4 rings (SSSR count). The highest BCUT2D eigenvalue weighted by Gasteiger charge is 2.54. The largest absolute Gasteiger partial charge is 0.508 e. The van der Waals surface area contributed by atoms with E-state index in [1.54, 1.807) is 27.7 Å². The topological polar surface area (TPSA) is 213 Å². The first-order valence-corrected chi connectivity index (χ1v) is 15.0. The minimum absolute atomic E-state index is 0.0309. The van der Waals surface area contributed by atoms with E-state index >= 15 is 0 Å². The number of aromatic hydroxyl groups is 1. The van der Waals surface area contributed by atoms with Crippen LogP contribution in [0.15, 0.2) is 40.6 Å². The Labute approximate surface area is 254 Å². The number of fused-ring (bicyclic) bond motifs is 1. The van der Waals surface area contributed by atoms with Crippen LogP contribution >= 0.6 is 23.5 Å². The molecular formula is C26H30N6O9S2. The average Bonchev–Trinajstić information content (AvgIpc) is 3.41. The van der Waals surface area contributed by atoms with Crippen molar-refractivity contribution in [2.24, 2.45) is 0 Å². The molecule has 5 N–H and O–H groups in total. The molecule has 1 saturated heterocycles. The number of carbonyl (C=O) groups is 5. The highest BCUT2D eigenvalue weighted by molar-refractivity contribution is 8.01. The van der Waals surface area contributed by atoms with Gasteiger partial charge in [-0.3, -0.25) is 14.5 Å².